The van der Waals surface area contributed by atoms with Crippen molar-refractivity contribution in [3.8, 4) is 0 Å². The van der Waals surface area contributed by atoms with E-state index in [0.29, 0.717) is 24.4 Å². The second-order valence-electron chi connectivity index (χ2n) is 9.55. The molecule has 1 fully saturated rings. The zero-order valence-corrected chi connectivity index (χ0v) is 21.9. The van der Waals surface area contributed by atoms with Gasteiger partial charge in [0.25, 0.3) is 0 Å². The SMILES string of the molecule is CC(C)[C@H](NC(=O)[C@@H]1CCCN1C(=O)[C@@H](NC(=O)OCc1ccccc1)C(C)C)C(=O)c1nccs1. The standard InChI is InChI=1S/C26H34N4O5S/c1-16(2)20(22(31)24-27-12-14-36-24)28-23(32)19-11-8-13-30(19)25(33)21(17(3)4)29-26(34)35-15-18-9-6-5-7-10-18/h5-7,9-10,12,14,16-17,19-21H,8,11,13,15H2,1-4H3,(H,28,32)(H,29,34)/t19-,20-,21-/m0/s1. The van der Waals surface area contributed by atoms with Gasteiger partial charge in [-0.1, -0.05) is 58.0 Å². The predicted octanol–water partition coefficient (Wildman–Crippen LogP) is 3.41. The van der Waals surface area contributed by atoms with Crippen LogP contribution in [0.15, 0.2) is 41.9 Å². The van der Waals surface area contributed by atoms with Crippen molar-refractivity contribution in [1.82, 2.24) is 20.5 Å². The number of alkyl carbamates (subject to hydrolysis) is 1. The highest BCUT2D eigenvalue weighted by Crippen LogP contribution is 2.22. The minimum atomic E-state index is -0.848. The van der Waals surface area contributed by atoms with Gasteiger partial charge in [-0.15, -0.1) is 11.3 Å². The van der Waals surface area contributed by atoms with Crippen molar-refractivity contribution in [3.63, 3.8) is 0 Å². The van der Waals surface area contributed by atoms with Crippen LogP contribution in [0.1, 0.15) is 55.9 Å². The molecule has 0 bridgehead atoms. The third kappa shape index (κ3) is 6.90. The molecule has 9 nitrogen and oxygen atoms in total. The van der Waals surface area contributed by atoms with E-state index in [0.717, 1.165) is 5.56 Å². The van der Waals surface area contributed by atoms with Crippen LogP contribution in [0.4, 0.5) is 4.79 Å². The molecule has 0 spiro atoms. The Balaban J connectivity index is 1.65. The van der Waals surface area contributed by atoms with Gasteiger partial charge in [0.2, 0.25) is 17.6 Å². The van der Waals surface area contributed by atoms with Gasteiger partial charge in [0.05, 0.1) is 6.04 Å². The summed E-state index contributed by atoms with van der Waals surface area (Å²) in [7, 11) is 0. The fourth-order valence-electron chi connectivity index (χ4n) is 4.15. The number of Topliss-reactive ketones (excluding diaryl/α,β-unsaturated/α-hetero) is 1. The van der Waals surface area contributed by atoms with E-state index in [9.17, 15) is 19.2 Å². The normalized spacial score (nSPS) is 17.1. The van der Waals surface area contributed by atoms with Crippen molar-refractivity contribution in [2.24, 2.45) is 11.8 Å². The van der Waals surface area contributed by atoms with Gasteiger partial charge in [-0.05, 0) is 30.2 Å². The van der Waals surface area contributed by atoms with Crippen molar-refractivity contribution in [1.29, 1.82) is 0 Å². The molecule has 2 N–H and O–H groups in total. The number of likely N-dealkylation sites (tertiary alicyclic amines) is 1. The molecule has 3 atom stereocenters. The number of aromatic nitrogens is 1. The molecule has 36 heavy (non-hydrogen) atoms. The van der Waals surface area contributed by atoms with E-state index in [-0.39, 0.29) is 36.0 Å². The second kappa shape index (κ2) is 12.6. The summed E-state index contributed by atoms with van der Waals surface area (Å²) in [5, 5.41) is 7.58. The molecule has 1 aliphatic rings. The van der Waals surface area contributed by atoms with Gasteiger partial charge >= 0.3 is 6.09 Å². The fourth-order valence-corrected chi connectivity index (χ4v) is 4.77. The van der Waals surface area contributed by atoms with E-state index in [1.165, 1.54) is 16.2 Å². The van der Waals surface area contributed by atoms with E-state index in [2.05, 4.69) is 15.6 Å². The number of ether oxygens (including phenoxy) is 1. The predicted molar refractivity (Wildman–Crippen MR) is 136 cm³/mol. The van der Waals surface area contributed by atoms with Crippen LogP contribution in [0.3, 0.4) is 0 Å². The third-order valence-electron chi connectivity index (χ3n) is 6.15. The molecule has 3 amide bonds. The summed E-state index contributed by atoms with van der Waals surface area (Å²) in [6, 6.07) is 6.95. The average Bonchev–Trinajstić information content (AvgIpc) is 3.56. The zero-order chi connectivity index (χ0) is 26.2. The second-order valence-corrected chi connectivity index (χ2v) is 10.4. The number of rotatable bonds is 10. The summed E-state index contributed by atoms with van der Waals surface area (Å²) in [6.07, 6.45) is 2.00. The Labute approximate surface area is 215 Å². The summed E-state index contributed by atoms with van der Waals surface area (Å²) in [4.78, 5) is 57.6. The molecule has 2 aromatic rings. The van der Waals surface area contributed by atoms with E-state index in [1.807, 2.05) is 58.0 Å². The molecule has 1 aliphatic heterocycles. The van der Waals surface area contributed by atoms with Gasteiger partial charge in [0.15, 0.2) is 5.01 Å². The average molecular weight is 515 g/mol. The number of nitrogens with zero attached hydrogens (tertiary/aromatic N) is 2. The molecule has 10 heteroatoms. The minimum Gasteiger partial charge on any atom is -0.445 e. The van der Waals surface area contributed by atoms with Crippen molar-refractivity contribution in [2.45, 2.75) is 65.3 Å². The molecule has 3 rings (SSSR count). The quantitative estimate of drug-likeness (QED) is 0.469. The number of thiazole rings is 1. The maximum atomic E-state index is 13.5. The number of carbonyl (C=O) groups is 4. The number of carbonyl (C=O) groups excluding carboxylic acids is 4. The van der Waals surface area contributed by atoms with E-state index in [4.69, 9.17) is 4.74 Å². The topological polar surface area (TPSA) is 118 Å². The first kappa shape index (κ1) is 27.3. The van der Waals surface area contributed by atoms with Crippen molar-refractivity contribution >= 4 is 35.0 Å². The monoisotopic (exact) mass is 514 g/mol. The Morgan fingerprint density at radius 3 is 2.36 bits per heavy atom. The first-order valence-electron chi connectivity index (χ1n) is 12.2. The summed E-state index contributed by atoms with van der Waals surface area (Å²) < 4.78 is 5.29. The van der Waals surface area contributed by atoms with E-state index >= 15 is 0 Å². The van der Waals surface area contributed by atoms with Crippen molar-refractivity contribution < 1.29 is 23.9 Å². The molecule has 1 aromatic carbocycles. The number of hydrogen-bond acceptors (Lipinski definition) is 7. The molecule has 1 aromatic heterocycles. The molecule has 0 radical (unpaired) electrons. The first-order valence-corrected chi connectivity index (χ1v) is 13.1. The van der Waals surface area contributed by atoms with Crippen LogP contribution in [0.25, 0.3) is 0 Å². The Hall–Kier alpha value is -3.27. The van der Waals surface area contributed by atoms with Crippen LogP contribution >= 0.6 is 11.3 Å². The van der Waals surface area contributed by atoms with E-state index in [1.54, 1.807) is 11.6 Å². The third-order valence-corrected chi connectivity index (χ3v) is 6.94. The van der Waals surface area contributed by atoms with Crippen LogP contribution in [-0.2, 0) is 20.9 Å². The lowest BCUT2D eigenvalue weighted by molar-refractivity contribution is -0.141. The summed E-state index contributed by atoms with van der Waals surface area (Å²) in [5.74, 6) is -1.33. The van der Waals surface area contributed by atoms with Crippen LogP contribution in [0.2, 0.25) is 0 Å². The first-order chi connectivity index (χ1) is 17.2. The lowest BCUT2D eigenvalue weighted by Crippen LogP contribution is -2.57. The molecule has 0 saturated carbocycles. The van der Waals surface area contributed by atoms with Crippen LogP contribution < -0.4 is 10.6 Å². The highest BCUT2D eigenvalue weighted by atomic mass is 32.1. The van der Waals surface area contributed by atoms with Gasteiger partial charge in [-0.25, -0.2) is 9.78 Å². The van der Waals surface area contributed by atoms with Crippen LogP contribution in [0.5, 0.6) is 0 Å². The van der Waals surface area contributed by atoms with Crippen molar-refractivity contribution in [2.75, 3.05) is 6.54 Å². The van der Waals surface area contributed by atoms with Gasteiger partial charge in [-0.3, -0.25) is 14.4 Å². The Bertz CT molecular complexity index is 1040. The van der Waals surface area contributed by atoms with Gasteiger partial charge in [-0.2, -0.15) is 0 Å². The molecule has 194 valence electrons. The summed E-state index contributed by atoms with van der Waals surface area (Å²) in [5.41, 5.74) is 0.836. The molecular formula is C26H34N4O5S. The zero-order valence-electron chi connectivity index (χ0n) is 21.1. The smallest absolute Gasteiger partial charge is 0.408 e. The number of hydrogen-bond donors (Lipinski definition) is 2. The number of ketones is 1. The maximum absolute atomic E-state index is 13.5. The summed E-state index contributed by atoms with van der Waals surface area (Å²) in [6.45, 7) is 7.85. The lowest BCUT2D eigenvalue weighted by atomic mass is 9.99. The molecule has 0 unspecified atom stereocenters. The summed E-state index contributed by atoms with van der Waals surface area (Å²) >= 11 is 1.23. The highest BCUT2D eigenvalue weighted by molar-refractivity contribution is 7.11. The number of nitrogens with one attached hydrogen (secondary N) is 2. The van der Waals surface area contributed by atoms with E-state index < -0.39 is 24.2 Å². The van der Waals surface area contributed by atoms with Gasteiger partial charge < -0.3 is 20.3 Å². The highest BCUT2D eigenvalue weighted by Gasteiger charge is 2.40. The van der Waals surface area contributed by atoms with Gasteiger partial charge in [0.1, 0.15) is 18.7 Å². The molecule has 2 heterocycles. The molecule has 1 saturated heterocycles. The maximum Gasteiger partial charge on any atom is 0.408 e. The lowest BCUT2D eigenvalue weighted by Gasteiger charge is -2.31. The van der Waals surface area contributed by atoms with Crippen LogP contribution in [0, 0.1) is 11.8 Å². The minimum absolute atomic E-state index is 0.0874. The van der Waals surface area contributed by atoms with Crippen molar-refractivity contribution in [3.05, 3.63) is 52.5 Å². The number of benzene rings is 1. The number of amides is 3. The largest absolute Gasteiger partial charge is 0.445 e. The Morgan fingerprint density at radius 1 is 1.06 bits per heavy atom. The molecular weight excluding hydrogens is 480 g/mol. The molecule has 0 aliphatic carbocycles. The Morgan fingerprint density at radius 2 is 1.75 bits per heavy atom. The van der Waals surface area contributed by atoms with Gasteiger partial charge in [0, 0.05) is 18.1 Å². The fraction of sp³-hybridized carbons (Fsp3) is 0.500. The Kier molecular flexibility index (Phi) is 9.58. The van der Waals surface area contributed by atoms with Crippen LogP contribution in [-0.4, -0.2) is 58.2 Å².